The zero-order chi connectivity index (χ0) is 23.0. The Bertz CT molecular complexity index is 890. The van der Waals surface area contributed by atoms with Gasteiger partial charge in [0, 0.05) is 21.4 Å². The van der Waals surface area contributed by atoms with E-state index >= 15 is 0 Å². The van der Waals surface area contributed by atoms with Crippen molar-refractivity contribution in [2.75, 3.05) is 5.32 Å². The second-order valence-corrected chi connectivity index (χ2v) is 10.4. The van der Waals surface area contributed by atoms with E-state index in [1.165, 1.54) is 50.5 Å². The van der Waals surface area contributed by atoms with Crippen molar-refractivity contribution >= 4 is 38.5 Å². The Balaban J connectivity index is 2.09. The third-order valence-corrected chi connectivity index (χ3v) is 6.78. The van der Waals surface area contributed by atoms with Crippen molar-refractivity contribution in [3.8, 4) is 0 Å². The standard InChI is InChI=1S/C29H40BrN/c1-8-9-10-11-12-13-18-29(6,7)23-14-16-24(17-15-23)31-28-20-27(30)25(21(2)3)19-26(28)22(4)5/h14-17,19-20,31H,2,4,8-13,18H2,1,3,5-7H3. The van der Waals surface area contributed by atoms with Crippen molar-refractivity contribution in [2.45, 2.75) is 85.0 Å². The molecule has 0 atom stereocenters. The van der Waals surface area contributed by atoms with Gasteiger partial charge in [-0.3, -0.25) is 0 Å². The number of hydrogen-bond acceptors (Lipinski definition) is 1. The molecule has 168 valence electrons. The van der Waals surface area contributed by atoms with Crippen LogP contribution in [0, 0.1) is 0 Å². The highest BCUT2D eigenvalue weighted by atomic mass is 79.9. The van der Waals surface area contributed by atoms with Crippen LogP contribution in [-0.4, -0.2) is 0 Å². The van der Waals surface area contributed by atoms with E-state index in [0.29, 0.717) is 0 Å². The first-order valence-electron chi connectivity index (χ1n) is 11.7. The maximum atomic E-state index is 4.17. The molecule has 1 nitrogen and oxygen atoms in total. The van der Waals surface area contributed by atoms with E-state index in [1.807, 2.05) is 13.8 Å². The van der Waals surface area contributed by atoms with Crippen LogP contribution in [0.25, 0.3) is 11.1 Å². The van der Waals surface area contributed by atoms with Gasteiger partial charge in [0.2, 0.25) is 0 Å². The average Bonchev–Trinajstić information content (AvgIpc) is 2.70. The lowest BCUT2D eigenvalue weighted by Gasteiger charge is -2.26. The third kappa shape index (κ3) is 7.38. The molecule has 0 aliphatic rings. The quantitative estimate of drug-likeness (QED) is 0.297. The van der Waals surface area contributed by atoms with Gasteiger partial charge >= 0.3 is 0 Å². The Labute approximate surface area is 199 Å². The zero-order valence-electron chi connectivity index (χ0n) is 20.2. The van der Waals surface area contributed by atoms with E-state index in [-0.39, 0.29) is 5.41 Å². The summed E-state index contributed by atoms with van der Waals surface area (Å²) >= 11 is 3.70. The predicted octanol–water partition coefficient (Wildman–Crippen LogP) is 10.3. The Morgan fingerprint density at radius 1 is 0.871 bits per heavy atom. The lowest BCUT2D eigenvalue weighted by molar-refractivity contribution is 0.442. The van der Waals surface area contributed by atoms with Crippen LogP contribution >= 0.6 is 15.9 Å². The monoisotopic (exact) mass is 481 g/mol. The van der Waals surface area contributed by atoms with Crippen molar-refractivity contribution in [3.63, 3.8) is 0 Å². The Hall–Kier alpha value is -1.80. The highest BCUT2D eigenvalue weighted by Gasteiger charge is 2.20. The molecule has 0 amide bonds. The van der Waals surface area contributed by atoms with Crippen LogP contribution in [0.15, 0.2) is 54.0 Å². The first-order valence-corrected chi connectivity index (χ1v) is 12.5. The third-order valence-electron chi connectivity index (χ3n) is 6.13. The largest absolute Gasteiger partial charge is 0.355 e. The van der Waals surface area contributed by atoms with Crippen LogP contribution < -0.4 is 5.32 Å². The molecule has 0 unspecified atom stereocenters. The predicted molar refractivity (Wildman–Crippen MR) is 144 cm³/mol. The van der Waals surface area contributed by atoms with Gasteiger partial charge in [0.05, 0.1) is 0 Å². The molecule has 0 fully saturated rings. The number of nitrogens with one attached hydrogen (secondary N) is 1. The van der Waals surface area contributed by atoms with E-state index in [9.17, 15) is 0 Å². The van der Waals surface area contributed by atoms with Crippen molar-refractivity contribution < 1.29 is 0 Å². The second kappa shape index (κ2) is 11.7. The summed E-state index contributed by atoms with van der Waals surface area (Å²) in [6, 6.07) is 13.2. The molecular weight excluding hydrogens is 442 g/mol. The summed E-state index contributed by atoms with van der Waals surface area (Å²) in [7, 11) is 0. The maximum absolute atomic E-state index is 4.17. The Kier molecular flexibility index (Phi) is 9.62. The lowest BCUT2D eigenvalue weighted by Crippen LogP contribution is -2.16. The molecule has 0 saturated heterocycles. The normalized spacial score (nSPS) is 11.4. The van der Waals surface area contributed by atoms with Crippen LogP contribution in [0.3, 0.4) is 0 Å². The summed E-state index contributed by atoms with van der Waals surface area (Å²) in [6.45, 7) is 19.4. The fraction of sp³-hybridized carbons (Fsp3) is 0.448. The van der Waals surface area contributed by atoms with E-state index in [2.05, 4.69) is 91.6 Å². The molecule has 2 heteroatoms. The van der Waals surface area contributed by atoms with E-state index < -0.39 is 0 Å². The van der Waals surface area contributed by atoms with Crippen LogP contribution in [0.2, 0.25) is 0 Å². The number of allylic oxidation sites excluding steroid dienone is 2. The van der Waals surface area contributed by atoms with Crippen molar-refractivity contribution in [2.24, 2.45) is 0 Å². The van der Waals surface area contributed by atoms with Gasteiger partial charge in [-0.05, 0) is 72.2 Å². The van der Waals surface area contributed by atoms with Gasteiger partial charge < -0.3 is 5.32 Å². The average molecular weight is 483 g/mol. The topological polar surface area (TPSA) is 12.0 Å². The van der Waals surface area contributed by atoms with E-state index in [4.69, 9.17) is 0 Å². The number of unbranched alkanes of at least 4 members (excludes halogenated alkanes) is 5. The van der Waals surface area contributed by atoms with Gasteiger partial charge in [0.25, 0.3) is 0 Å². The highest BCUT2D eigenvalue weighted by Crippen LogP contribution is 2.35. The van der Waals surface area contributed by atoms with Crippen LogP contribution in [0.1, 0.15) is 96.3 Å². The molecule has 0 aliphatic carbocycles. The number of benzene rings is 2. The first kappa shape index (κ1) is 25.5. The molecule has 0 aliphatic heterocycles. The van der Waals surface area contributed by atoms with Crippen LogP contribution in [0.4, 0.5) is 11.4 Å². The van der Waals surface area contributed by atoms with Crippen molar-refractivity contribution in [1.29, 1.82) is 0 Å². The van der Waals surface area contributed by atoms with Gasteiger partial charge in [-0.15, -0.1) is 0 Å². The Morgan fingerprint density at radius 3 is 2.03 bits per heavy atom. The van der Waals surface area contributed by atoms with Gasteiger partial charge in [0.1, 0.15) is 0 Å². The fourth-order valence-corrected chi connectivity index (χ4v) is 4.69. The van der Waals surface area contributed by atoms with Gasteiger partial charge in [-0.1, -0.05) is 101 Å². The minimum atomic E-state index is 0.207. The molecule has 2 rings (SSSR count). The Morgan fingerprint density at radius 2 is 1.45 bits per heavy atom. The van der Waals surface area contributed by atoms with E-state index in [1.54, 1.807) is 0 Å². The summed E-state index contributed by atoms with van der Waals surface area (Å²) < 4.78 is 1.05. The molecule has 1 N–H and O–H groups in total. The van der Waals surface area contributed by atoms with Gasteiger partial charge in [-0.25, -0.2) is 0 Å². The fourth-order valence-electron chi connectivity index (χ4n) is 4.01. The zero-order valence-corrected chi connectivity index (χ0v) is 21.8. The SMILES string of the molecule is C=C(C)c1cc(C(=C)C)c(Nc2ccc(C(C)(C)CCCCCCCC)cc2)cc1Br. The summed E-state index contributed by atoms with van der Waals surface area (Å²) in [5.74, 6) is 0. The second-order valence-electron chi connectivity index (χ2n) is 9.54. The molecule has 0 bridgehead atoms. The summed E-state index contributed by atoms with van der Waals surface area (Å²) in [6.07, 6.45) is 9.33. The number of halogens is 1. The molecule has 2 aromatic carbocycles. The summed E-state index contributed by atoms with van der Waals surface area (Å²) in [4.78, 5) is 0. The van der Waals surface area contributed by atoms with E-state index in [0.717, 1.165) is 38.1 Å². The molecular formula is C29H40BrN. The molecule has 0 saturated carbocycles. The first-order chi connectivity index (χ1) is 14.7. The number of hydrogen-bond donors (Lipinski definition) is 1. The molecule has 0 radical (unpaired) electrons. The van der Waals surface area contributed by atoms with Crippen LogP contribution in [-0.2, 0) is 5.41 Å². The number of rotatable bonds is 12. The summed E-state index contributed by atoms with van der Waals surface area (Å²) in [5.41, 5.74) is 8.08. The molecule has 2 aromatic rings. The molecule has 31 heavy (non-hydrogen) atoms. The maximum Gasteiger partial charge on any atom is 0.0472 e. The van der Waals surface area contributed by atoms with Crippen LogP contribution in [0.5, 0.6) is 0 Å². The minimum absolute atomic E-state index is 0.207. The van der Waals surface area contributed by atoms with Gasteiger partial charge in [-0.2, -0.15) is 0 Å². The summed E-state index contributed by atoms with van der Waals surface area (Å²) in [5, 5.41) is 3.59. The molecule has 0 heterocycles. The highest BCUT2D eigenvalue weighted by molar-refractivity contribution is 9.10. The lowest BCUT2D eigenvalue weighted by atomic mass is 9.80. The molecule has 0 spiro atoms. The van der Waals surface area contributed by atoms with Gasteiger partial charge in [0.15, 0.2) is 0 Å². The van der Waals surface area contributed by atoms with Crippen molar-refractivity contribution in [3.05, 3.63) is 70.7 Å². The minimum Gasteiger partial charge on any atom is -0.355 e. The number of anilines is 2. The smallest absolute Gasteiger partial charge is 0.0472 e. The molecule has 0 aromatic heterocycles. The van der Waals surface area contributed by atoms with Crippen molar-refractivity contribution in [1.82, 2.24) is 0 Å².